The lowest BCUT2D eigenvalue weighted by Crippen LogP contribution is -2.44. The molecule has 0 spiro atoms. The van der Waals surface area contributed by atoms with Crippen LogP contribution in [0.4, 0.5) is 0 Å². The van der Waals surface area contributed by atoms with E-state index in [1.54, 1.807) is 0 Å². The highest BCUT2D eigenvalue weighted by atomic mass is 16.2. The van der Waals surface area contributed by atoms with Gasteiger partial charge in [-0.15, -0.1) is 0 Å². The molecule has 1 aliphatic rings. The van der Waals surface area contributed by atoms with Crippen LogP contribution in [0.5, 0.6) is 0 Å². The van der Waals surface area contributed by atoms with E-state index in [1.807, 2.05) is 74.8 Å². The first-order valence-corrected chi connectivity index (χ1v) is 8.35. The van der Waals surface area contributed by atoms with Gasteiger partial charge in [0.25, 0.3) is 0 Å². The molecule has 23 heavy (non-hydrogen) atoms. The van der Waals surface area contributed by atoms with Crippen LogP contribution in [-0.2, 0) is 16.1 Å². The van der Waals surface area contributed by atoms with E-state index in [1.165, 1.54) is 0 Å². The Morgan fingerprint density at radius 3 is 2.35 bits per heavy atom. The molecular formula is C19H28N2O2. The number of nitrogens with zero attached hydrogens (tertiary/aromatic N) is 2. The number of likely N-dealkylation sites (tertiary alicyclic amines) is 1. The van der Waals surface area contributed by atoms with Crippen molar-refractivity contribution in [3.63, 3.8) is 0 Å². The van der Waals surface area contributed by atoms with Crippen molar-refractivity contribution in [2.75, 3.05) is 6.54 Å². The highest BCUT2D eigenvalue weighted by molar-refractivity contribution is 5.89. The van der Waals surface area contributed by atoms with Crippen LogP contribution in [0.15, 0.2) is 30.3 Å². The predicted molar refractivity (Wildman–Crippen MR) is 91.7 cm³/mol. The fraction of sp³-hybridized carbons (Fsp3) is 0.579. The number of amides is 2. The second-order valence-corrected chi connectivity index (χ2v) is 7.62. The Balaban J connectivity index is 2.12. The molecule has 4 heteroatoms. The molecule has 1 atom stereocenters. The van der Waals surface area contributed by atoms with Gasteiger partial charge in [0.2, 0.25) is 11.8 Å². The zero-order valence-electron chi connectivity index (χ0n) is 14.9. The number of hydrogen-bond donors (Lipinski definition) is 0. The number of carbonyl (C=O) groups is 2. The smallest absolute Gasteiger partial charge is 0.228 e. The van der Waals surface area contributed by atoms with Crippen molar-refractivity contribution in [2.45, 2.75) is 59.2 Å². The summed E-state index contributed by atoms with van der Waals surface area (Å²) >= 11 is 0. The average Bonchev–Trinajstić information content (AvgIpc) is 2.87. The van der Waals surface area contributed by atoms with Gasteiger partial charge in [0.1, 0.15) is 0 Å². The van der Waals surface area contributed by atoms with Gasteiger partial charge in [-0.1, -0.05) is 30.3 Å². The first kappa shape index (κ1) is 17.5. The van der Waals surface area contributed by atoms with Gasteiger partial charge < -0.3 is 9.80 Å². The normalized spacial score (nSPS) is 18.6. The third-order valence-corrected chi connectivity index (χ3v) is 4.39. The molecule has 0 radical (unpaired) electrons. The van der Waals surface area contributed by atoms with Crippen molar-refractivity contribution in [1.82, 2.24) is 9.80 Å². The van der Waals surface area contributed by atoms with Crippen molar-refractivity contribution >= 4 is 11.8 Å². The third kappa shape index (κ3) is 4.12. The Kier molecular flexibility index (Phi) is 5.12. The lowest BCUT2D eigenvalue weighted by molar-refractivity contribution is -0.138. The minimum Gasteiger partial charge on any atom is -0.337 e. The maximum atomic E-state index is 13.0. The van der Waals surface area contributed by atoms with E-state index in [0.29, 0.717) is 19.5 Å². The van der Waals surface area contributed by atoms with Crippen LogP contribution in [0.2, 0.25) is 0 Å². The standard InChI is InChI=1S/C19H28N2O2/c1-14(2)20(12-15-9-7-6-8-10-15)18(23)16-11-17(22)21(13-16)19(3,4)5/h6-10,14,16H,11-13H2,1-5H3/t16-/m1/s1. The Labute approximate surface area is 139 Å². The SMILES string of the molecule is CC(C)N(Cc1ccccc1)C(=O)[C@@H]1CC(=O)N(C(C)(C)C)C1. The summed E-state index contributed by atoms with van der Waals surface area (Å²) in [6, 6.07) is 10.1. The second-order valence-electron chi connectivity index (χ2n) is 7.62. The molecule has 1 aromatic rings. The first-order valence-electron chi connectivity index (χ1n) is 8.35. The number of rotatable bonds is 4. The predicted octanol–water partition coefficient (Wildman–Crippen LogP) is 3.07. The van der Waals surface area contributed by atoms with E-state index in [4.69, 9.17) is 0 Å². The first-order chi connectivity index (χ1) is 10.7. The molecule has 0 bridgehead atoms. The van der Waals surface area contributed by atoms with E-state index in [0.717, 1.165) is 5.56 Å². The zero-order valence-corrected chi connectivity index (χ0v) is 14.9. The molecule has 1 fully saturated rings. The molecular weight excluding hydrogens is 288 g/mol. The van der Waals surface area contributed by atoms with E-state index in [-0.39, 0.29) is 29.3 Å². The van der Waals surface area contributed by atoms with E-state index < -0.39 is 0 Å². The molecule has 1 heterocycles. The minimum absolute atomic E-state index is 0.0827. The van der Waals surface area contributed by atoms with Gasteiger partial charge in [-0.05, 0) is 40.2 Å². The summed E-state index contributed by atoms with van der Waals surface area (Å²) in [4.78, 5) is 28.9. The van der Waals surface area contributed by atoms with Crippen molar-refractivity contribution in [1.29, 1.82) is 0 Å². The Hall–Kier alpha value is -1.84. The van der Waals surface area contributed by atoms with Crippen LogP contribution < -0.4 is 0 Å². The quantitative estimate of drug-likeness (QED) is 0.856. The van der Waals surface area contributed by atoms with Crippen LogP contribution in [-0.4, -0.2) is 39.7 Å². The van der Waals surface area contributed by atoms with Crippen LogP contribution >= 0.6 is 0 Å². The van der Waals surface area contributed by atoms with Crippen molar-refractivity contribution < 1.29 is 9.59 Å². The van der Waals surface area contributed by atoms with Crippen molar-refractivity contribution in [3.05, 3.63) is 35.9 Å². The molecule has 1 aliphatic heterocycles. The number of benzene rings is 1. The van der Waals surface area contributed by atoms with Gasteiger partial charge >= 0.3 is 0 Å². The van der Waals surface area contributed by atoms with Crippen molar-refractivity contribution in [2.24, 2.45) is 5.92 Å². The maximum absolute atomic E-state index is 13.0. The molecule has 1 saturated heterocycles. The lowest BCUT2D eigenvalue weighted by Gasteiger charge is -2.33. The molecule has 2 rings (SSSR count). The second kappa shape index (κ2) is 6.73. The molecule has 0 aromatic heterocycles. The highest BCUT2D eigenvalue weighted by Gasteiger charge is 2.41. The molecule has 0 saturated carbocycles. The monoisotopic (exact) mass is 316 g/mol. The van der Waals surface area contributed by atoms with Crippen LogP contribution in [0.1, 0.15) is 46.6 Å². The minimum atomic E-state index is -0.229. The number of hydrogen-bond acceptors (Lipinski definition) is 2. The summed E-state index contributed by atoms with van der Waals surface area (Å²) in [5.41, 5.74) is 0.889. The molecule has 4 nitrogen and oxygen atoms in total. The Bertz CT molecular complexity index is 560. The summed E-state index contributed by atoms with van der Waals surface area (Å²) in [7, 11) is 0. The van der Waals surface area contributed by atoms with Gasteiger partial charge in [-0.2, -0.15) is 0 Å². The van der Waals surface area contributed by atoms with Crippen LogP contribution in [0.25, 0.3) is 0 Å². The fourth-order valence-corrected chi connectivity index (χ4v) is 3.05. The highest BCUT2D eigenvalue weighted by Crippen LogP contribution is 2.28. The Morgan fingerprint density at radius 1 is 1.26 bits per heavy atom. The van der Waals surface area contributed by atoms with Crippen LogP contribution in [0, 0.1) is 5.92 Å². The van der Waals surface area contributed by atoms with Gasteiger partial charge in [0, 0.05) is 31.1 Å². The third-order valence-electron chi connectivity index (χ3n) is 4.39. The van der Waals surface area contributed by atoms with E-state index in [2.05, 4.69) is 0 Å². The number of carbonyl (C=O) groups excluding carboxylic acids is 2. The summed E-state index contributed by atoms with van der Waals surface area (Å²) in [6.45, 7) is 11.2. The summed E-state index contributed by atoms with van der Waals surface area (Å²) in [5, 5.41) is 0. The van der Waals surface area contributed by atoms with Gasteiger partial charge in [-0.3, -0.25) is 9.59 Å². The van der Waals surface area contributed by atoms with Gasteiger partial charge in [0.15, 0.2) is 0 Å². The largest absolute Gasteiger partial charge is 0.337 e. The molecule has 2 amide bonds. The average molecular weight is 316 g/mol. The molecule has 0 unspecified atom stereocenters. The Morgan fingerprint density at radius 2 is 1.87 bits per heavy atom. The molecule has 1 aromatic carbocycles. The topological polar surface area (TPSA) is 40.6 Å². The van der Waals surface area contributed by atoms with Crippen molar-refractivity contribution in [3.8, 4) is 0 Å². The zero-order chi connectivity index (χ0) is 17.2. The van der Waals surface area contributed by atoms with Crippen LogP contribution in [0.3, 0.4) is 0 Å². The lowest BCUT2D eigenvalue weighted by atomic mass is 10.0. The maximum Gasteiger partial charge on any atom is 0.228 e. The van der Waals surface area contributed by atoms with Gasteiger partial charge in [0.05, 0.1) is 5.92 Å². The van der Waals surface area contributed by atoms with E-state index >= 15 is 0 Å². The molecule has 0 N–H and O–H groups in total. The summed E-state index contributed by atoms with van der Waals surface area (Å²) in [6.07, 6.45) is 0.327. The summed E-state index contributed by atoms with van der Waals surface area (Å²) < 4.78 is 0. The molecule has 126 valence electrons. The fourth-order valence-electron chi connectivity index (χ4n) is 3.05. The molecule has 0 aliphatic carbocycles. The summed E-state index contributed by atoms with van der Waals surface area (Å²) in [5.74, 6) is -0.0592. The van der Waals surface area contributed by atoms with E-state index in [9.17, 15) is 9.59 Å². The van der Waals surface area contributed by atoms with Gasteiger partial charge in [-0.25, -0.2) is 0 Å².